The number of hydrogen-bond donors (Lipinski definition) is 1. The van der Waals surface area contributed by atoms with Crippen molar-refractivity contribution in [2.75, 3.05) is 13.2 Å². The average Bonchev–Trinajstić information content (AvgIpc) is 2.98. The van der Waals surface area contributed by atoms with E-state index in [4.69, 9.17) is 9.47 Å². The minimum absolute atomic E-state index is 0.117. The van der Waals surface area contributed by atoms with Gasteiger partial charge in [0.05, 0.1) is 18.1 Å². The number of fused-ring (bicyclic) bond motifs is 1. The molecule has 0 amide bonds. The van der Waals surface area contributed by atoms with Crippen molar-refractivity contribution < 1.29 is 17.9 Å². The van der Waals surface area contributed by atoms with Crippen molar-refractivity contribution >= 4 is 10.0 Å². The first-order valence-electron chi connectivity index (χ1n) is 8.99. The summed E-state index contributed by atoms with van der Waals surface area (Å²) in [4.78, 5) is 4.46. The Morgan fingerprint density at radius 1 is 1.07 bits per heavy atom. The quantitative estimate of drug-likeness (QED) is 0.713. The van der Waals surface area contributed by atoms with Gasteiger partial charge in [-0.05, 0) is 17.7 Å². The van der Waals surface area contributed by atoms with E-state index in [1.807, 2.05) is 37.4 Å². The summed E-state index contributed by atoms with van der Waals surface area (Å²) in [6.45, 7) is 1.04. The van der Waals surface area contributed by atoms with E-state index >= 15 is 0 Å². The van der Waals surface area contributed by atoms with Crippen LogP contribution in [0.25, 0.3) is 0 Å². The average molecular weight is 399 g/mol. The van der Waals surface area contributed by atoms with Crippen molar-refractivity contribution in [2.45, 2.75) is 17.4 Å². The maximum absolute atomic E-state index is 13.1. The van der Waals surface area contributed by atoms with E-state index in [1.165, 1.54) is 12.1 Å². The van der Waals surface area contributed by atoms with Crippen LogP contribution >= 0.6 is 0 Å². The van der Waals surface area contributed by atoms with Crippen molar-refractivity contribution in [3.05, 3.63) is 72.3 Å². The molecule has 0 saturated heterocycles. The van der Waals surface area contributed by atoms with Crippen molar-refractivity contribution in [2.24, 2.45) is 7.05 Å². The lowest BCUT2D eigenvalue weighted by Gasteiger charge is -2.19. The second-order valence-corrected chi connectivity index (χ2v) is 8.23. The van der Waals surface area contributed by atoms with Crippen LogP contribution in [0.2, 0.25) is 0 Å². The third kappa shape index (κ3) is 3.74. The Balaban J connectivity index is 1.70. The van der Waals surface area contributed by atoms with Gasteiger partial charge in [0.15, 0.2) is 11.5 Å². The molecular formula is C20H21N3O4S. The molecule has 4 rings (SSSR count). The highest BCUT2D eigenvalue weighted by Crippen LogP contribution is 2.32. The van der Waals surface area contributed by atoms with Crippen LogP contribution in [0.15, 0.2) is 65.8 Å². The van der Waals surface area contributed by atoms with E-state index < -0.39 is 16.1 Å². The zero-order valence-corrected chi connectivity index (χ0v) is 16.2. The molecule has 0 fully saturated rings. The number of rotatable bonds is 5. The van der Waals surface area contributed by atoms with E-state index in [2.05, 4.69) is 9.71 Å². The second-order valence-electron chi connectivity index (χ2n) is 6.52. The zero-order valence-electron chi connectivity index (χ0n) is 15.4. The highest BCUT2D eigenvalue weighted by molar-refractivity contribution is 7.89. The predicted molar refractivity (Wildman–Crippen MR) is 104 cm³/mol. The maximum Gasteiger partial charge on any atom is 0.241 e. The van der Waals surface area contributed by atoms with Crippen LogP contribution in [0, 0.1) is 0 Å². The molecule has 2 aromatic carbocycles. The number of benzene rings is 2. The summed E-state index contributed by atoms with van der Waals surface area (Å²) in [5.74, 6) is 1.60. The summed E-state index contributed by atoms with van der Waals surface area (Å²) in [7, 11) is -2.00. The summed E-state index contributed by atoms with van der Waals surface area (Å²) >= 11 is 0. The molecule has 1 aliphatic heterocycles. The fourth-order valence-electron chi connectivity index (χ4n) is 3.10. The smallest absolute Gasteiger partial charge is 0.241 e. The fraction of sp³-hybridized carbons (Fsp3) is 0.250. The molecule has 8 heteroatoms. The minimum Gasteiger partial charge on any atom is -0.490 e. The Morgan fingerprint density at radius 2 is 1.82 bits per heavy atom. The molecule has 0 saturated carbocycles. The lowest BCUT2D eigenvalue weighted by molar-refractivity contribution is 0.297. The molecule has 0 radical (unpaired) electrons. The predicted octanol–water partition coefficient (Wildman–Crippen LogP) is 2.65. The Morgan fingerprint density at radius 3 is 2.54 bits per heavy atom. The standard InChI is InChI=1S/C20H21N3O4S/c1-23-11-10-21-20(23)19(15-6-3-2-4-7-15)22-28(24,25)16-8-9-17-18(14-16)27-13-5-12-26-17/h2-4,6-11,14,19,22H,5,12-13H2,1H3/t19-/m0/s1. The first-order chi connectivity index (χ1) is 13.5. The largest absolute Gasteiger partial charge is 0.490 e. The molecule has 146 valence electrons. The van der Waals surface area contributed by atoms with E-state index in [1.54, 1.807) is 23.0 Å². The Hall–Kier alpha value is -2.84. The molecule has 1 N–H and O–H groups in total. The fourth-order valence-corrected chi connectivity index (χ4v) is 4.30. The molecule has 3 aromatic rings. The molecule has 0 aliphatic carbocycles. The van der Waals surface area contributed by atoms with Crippen molar-refractivity contribution in [3.63, 3.8) is 0 Å². The van der Waals surface area contributed by atoms with E-state index in [-0.39, 0.29) is 4.90 Å². The molecule has 7 nitrogen and oxygen atoms in total. The highest BCUT2D eigenvalue weighted by atomic mass is 32.2. The maximum atomic E-state index is 13.1. The summed E-state index contributed by atoms with van der Waals surface area (Å²) in [6.07, 6.45) is 4.19. The van der Waals surface area contributed by atoms with E-state index in [0.29, 0.717) is 30.5 Å². The number of nitrogens with one attached hydrogen (secondary N) is 1. The molecule has 1 aromatic heterocycles. The third-order valence-electron chi connectivity index (χ3n) is 4.55. The monoisotopic (exact) mass is 399 g/mol. The van der Waals surface area contributed by atoms with Gasteiger partial charge in [-0.2, -0.15) is 4.72 Å². The highest BCUT2D eigenvalue weighted by Gasteiger charge is 2.26. The molecule has 0 spiro atoms. The van der Waals surface area contributed by atoms with Gasteiger partial charge in [-0.3, -0.25) is 0 Å². The molecule has 28 heavy (non-hydrogen) atoms. The first kappa shape index (κ1) is 18.5. The van der Waals surface area contributed by atoms with Crippen molar-refractivity contribution in [1.82, 2.24) is 14.3 Å². The van der Waals surface area contributed by atoms with Gasteiger partial charge in [-0.25, -0.2) is 13.4 Å². The molecule has 1 aliphatic rings. The number of aryl methyl sites for hydroxylation is 1. The number of hydrogen-bond acceptors (Lipinski definition) is 5. The third-order valence-corrected chi connectivity index (χ3v) is 5.97. The number of imidazole rings is 1. The number of nitrogens with zero attached hydrogens (tertiary/aromatic N) is 2. The van der Waals surface area contributed by atoms with Gasteiger partial charge in [0, 0.05) is 31.9 Å². The lowest BCUT2D eigenvalue weighted by Crippen LogP contribution is -2.31. The van der Waals surface area contributed by atoms with Crippen LogP contribution in [0.5, 0.6) is 11.5 Å². The molecular weight excluding hydrogens is 378 g/mol. The number of ether oxygens (including phenoxy) is 2. The SMILES string of the molecule is Cn1ccnc1[C@@H](NS(=O)(=O)c1ccc2c(c1)OCCCO2)c1ccccc1. The summed E-state index contributed by atoms with van der Waals surface area (Å²) in [6, 6.07) is 13.4. The lowest BCUT2D eigenvalue weighted by atomic mass is 10.1. The zero-order chi connectivity index (χ0) is 19.6. The number of sulfonamides is 1. The minimum atomic E-state index is -3.83. The molecule has 0 unspecified atom stereocenters. The number of aromatic nitrogens is 2. The molecule has 0 bridgehead atoms. The summed E-state index contributed by atoms with van der Waals surface area (Å²) in [5.41, 5.74) is 0.801. The Labute approximate surface area is 164 Å². The van der Waals surface area contributed by atoms with Crippen LogP contribution < -0.4 is 14.2 Å². The summed E-state index contributed by atoms with van der Waals surface area (Å²) < 4.78 is 42.1. The topological polar surface area (TPSA) is 82.5 Å². The Kier molecular flexibility index (Phi) is 5.06. The van der Waals surface area contributed by atoms with Gasteiger partial charge >= 0.3 is 0 Å². The summed E-state index contributed by atoms with van der Waals surface area (Å²) in [5, 5.41) is 0. The van der Waals surface area contributed by atoms with E-state index in [9.17, 15) is 8.42 Å². The van der Waals surface area contributed by atoms with Gasteiger partial charge in [0.1, 0.15) is 11.9 Å². The van der Waals surface area contributed by atoms with Crippen LogP contribution in [-0.4, -0.2) is 31.2 Å². The van der Waals surface area contributed by atoms with Gasteiger partial charge in [0.25, 0.3) is 0 Å². The molecule has 2 heterocycles. The van der Waals surface area contributed by atoms with Gasteiger partial charge in [0.2, 0.25) is 10.0 Å². The molecule has 1 atom stereocenters. The van der Waals surface area contributed by atoms with E-state index in [0.717, 1.165) is 12.0 Å². The first-order valence-corrected chi connectivity index (χ1v) is 10.5. The van der Waals surface area contributed by atoms with Crippen LogP contribution in [-0.2, 0) is 17.1 Å². The van der Waals surface area contributed by atoms with Crippen LogP contribution in [0.1, 0.15) is 23.9 Å². The van der Waals surface area contributed by atoms with Crippen LogP contribution in [0.3, 0.4) is 0 Å². The van der Waals surface area contributed by atoms with Crippen molar-refractivity contribution in [1.29, 1.82) is 0 Å². The van der Waals surface area contributed by atoms with Gasteiger partial charge in [-0.15, -0.1) is 0 Å². The van der Waals surface area contributed by atoms with Gasteiger partial charge in [-0.1, -0.05) is 30.3 Å². The van der Waals surface area contributed by atoms with Crippen LogP contribution in [0.4, 0.5) is 0 Å². The Bertz CT molecular complexity index is 1060. The van der Waals surface area contributed by atoms with Gasteiger partial charge < -0.3 is 14.0 Å². The van der Waals surface area contributed by atoms with Crippen molar-refractivity contribution in [3.8, 4) is 11.5 Å². The normalized spacial score (nSPS) is 15.0. The second kappa shape index (κ2) is 7.65.